The van der Waals surface area contributed by atoms with Gasteiger partial charge in [0.15, 0.2) is 0 Å². The number of hydrogen-bond acceptors (Lipinski definition) is 3. The van der Waals surface area contributed by atoms with E-state index in [9.17, 15) is 14.0 Å². The molecule has 0 saturated heterocycles. The van der Waals surface area contributed by atoms with Crippen LogP contribution < -0.4 is 10.9 Å². The summed E-state index contributed by atoms with van der Waals surface area (Å²) in [5.74, 6) is -0.607. The van der Waals surface area contributed by atoms with Crippen molar-refractivity contribution in [3.05, 3.63) is 63.3 Å². The molecule has 0 spiro atoms. The molecule has 5 nitrogen and oxygen atoms in total. The molecule has 6 heteroatoms. The fourth-order valence-electron chi connectivity index (χ4n) is 2.71. The van der Waals surface area contributed by atoms with E-state index in [0.29, 0.717) is 6.54 Å². The van der Waals surface area contributed by atoms with Crippen molar-refractivity contribution < 1.29 is 9.18 Å². The van der Waals surface area contributed by atoms with E-state index in [0.717, 1.165) is 42.5 Å². The smallest absolute Gasteiger partial charge is 0.267 e. The first-order valence-corrected chi connectivity index (χ1v) is 7.73. The van der Waals surface area contributed by atoms with Crippen LogP contribution in [-0.2, 0) is 30.7 Å². The summed E-state index contributed by atoms with van der Waals surface area (Å²) >= 11 is 0. The van der Waals surface area contributed by atoms with Crippen LogP contribution in [0.2, 0.25) is 0 Å². The molecule has 1 N–H and O–H groups in total. The van der Waals surface area contributed by atoms with Gasteiger partial charge in [-0.05, 0) is 48.9 Å². The number of nitrogens with one attached hydrogen (secondary N) is 1. The van der Waals surface area contributed by atoms with Gasteiger partial charge in [-0.1, -0.05) is 12.1 Å². The van der Waals surface area contributed by atoms with Crippen molar-refractivity contribution in [3.63, 3.8) is 0 Å². The van der Waals surface area contributed by atoms with Crippen molar-refractivity contribution in [2.75, 3.05) is 0 Å². The second-order valence-electron chi connectivity index (χ2n) is 5.72. The third-order valence-electron chi connectivity index (χ3n) is 3.97. The zero-order valence-corrected chi connectivity index (χ0v) is 12.7. The number of amides is 1. The van der Waals surface area contributed by atoms with Crippen molar-refractivity contribution in [1.29, 1.82) is 0 Å². The second kappa shape index (κ2) is 6.73. The number of carbonyl (C=O) groups excluding carboxylic acids is 1. The van der Waals surface area contributed by atoms with E-state index in [1.165, 1.54) is 16.8 Å². The van der Waals surface area contributed by atoms with Crippen LogP contribution in [0.15, 0.2) is 35.1 Å². The Balaban J connectivity index is 1.63. The molecule has 0 aliphatic heterocycles. The van der Waals surface area contributed by atoms with Gasteiger partial charge >= 0.3 is 0 Å². The Bertz CT molecular complexity index is 768. The van der Waals surface area contributed by atoms with Gasteiger partial charge in [0, 0.05) is 12.6 Å². The number of aryl methyl sites for hydroxylation is 2. The Hall–Kier alpha value is -2.50. The number of carbonyl (C=O) groups is 1. The average molecular weight is 315 g/mol. The van der Waals surface area contributed by atoms with E-state index in [4.69, 9.17) is 0 Å². The molecule has 1 aromatic heterocycles. The van der Waals surface area contributed by atoms with Crippen LogP contribution in [0.3, 0.4) is 0 Å². The molecular weight excluding hydrogens is 297 g/mol. The van der Waals surface area contributed by atoms with Crippen LogP contribution in [0.4, 0.5) is 4.39 Å². The Kier molecular flexibility index (Phi) is 4.50. The molecule has 0 bridgehead atoms. The highest BCUT2D eigenvalue weighted by Crippen LogP contribution is 2.16. The number of halogens is 1. The van der Waals surface area contributed by atoms with Gasteiger partial charge in [0.05, 0.1) is 5.69 Å². The van der Waals surface area contributed by atoms with Gasteiger partial charge in [0.1, 0.15) is 12.4 Å². The molecule has 2 aromatic rings. The summed E-state index contributed by atoms with van der Waals surface area (Å²) in [7, 11) is 0. The first-order chi connectivity index (χ1) is 11.1. The monoisotopic (exact) mass is 315 g/mol. The van der Waals surface area contributed by atoms with E-state index in [1.54, 1.807) is 18.2 Å². The molecule has 1 aromatic carbocycles. The number of rotatable bonds is 4. The van der Waals surface area contributed by atoms with Crippen LogP contribution in [0.1, 0.15) is 29.7 Å². The lowest BCUT2D eigenvalue weighted by Crippen LogP contribution is -2.34. The zero-order valence-electron chi connectivity index (χ0n) is 12.7. The molecule has 1 amide bonds. The summed E-state index contributed by atoms with van der Waals surface area (Å²) in [6, 6.07) is 7.50. The van der Waals surface area contributed by atoms with Crippen LogP contribution in [0.25, 0.3) is 0 Å². The highest BCUT2D eigenvalue weighted by molar-refractivity contribution is 5.75. The molecule has 120 valence electrons. The van der Waals surface area contributed by atoms with Gasteiger partial charge in [-0.25, -0.2) is 9.07 Å². The van der Waals surface area contributed by atoms with Crippen molar-refractivity contribution in [2.24, 2.45) is 0 Å². The Labute approximate surface area is 133 Å². The Morgan fingerprint density at radius 3 is 2.74 bits per heavy atom. The molecule has 3 rings (SSSR count). The van der Waals surface area contributed by atoms with Gasteiger partial charge in [-0.15, -0.1) is 0 Å². The summed E-state index contributed by atoms with van der Waals surface area (Å²) in [4.78, 5) is 24.0. The van der Waals surface area contributed by atoms with Gasteiger partial charge in [-0.3, -0.25) is 9.59 Å². The summed E-state index contributed by atoms with van der Waals surface area (Å²) in [5.41, 5.74) is 2.47. The molecule has 0 unspecified atom stereocenters. The fraction of sp³-hybridized carbons (Fsp3) is 0.353. The highest BCUT2D eigenvalue weighted by atomic mass is 19.1. The maximum absolute atomic E-state index is 12.8. The van der Waals surface area contributed by atoms with E-state index < -0.39 is 0 Å². The standard InChI is InChI=1S/C17H18FN3O2/c18-14-7-5-12(6-8-14)10-19-16(22)11-21-17(23)9-13-3-1-2-4-15(13)20-21/h5-9H,1-4,10-11H2,(H,19,22). The SMILES string of the molecule is O=C(Cn1nc2c(cc1=O)CCCC2)NCc1ccc(F)cc1. The maximum atomic E-state index is 12.8. The number of hydrogen-bond donors (Lipinski definition) is 1. The average Bonchev–Trinajstić information content (AvgIpc) is 2.55. The van der Waals surface area contributed by atoms with Crippen molar-refractivity contribution in [2.45, 2.75) is 38.8 Å². The first-order valence-electron chi connectivity index (χ1n) is 7.73. The number of nitrogens with zero attached hydrogens (tertiary/aromatic N) is 2. The van der Waals surface area contributed by atoms with Gasteiger partial charge < -0.3 is 5.32 Å². The molecule has 1 heterocycles. The normalized spacial score (nSPS) is 13.4. The minimum Gasteiger partial charge on any atom is -0.350 e. The molecule has 0 atom stereocenters. The Morgan fingerprint density at radius 2 is 1.96 bits per heavy atom. The molecule has 0 fully saturated rings. The fourth-order valence-corrected chi connectivity index (χ4v) is 2.71. The molecule has 23 heavy (non-hydrogen) atoms. The topological polar surface area (TPSA) is 64.0 Å². The number of benzene rings is 1. The van der Waals surface area contributed by atoms with Crippen molar-refractivity contribution >= 4 is 5.91 Å². The molecule has 0 saturated carbocycles. The maximum Gasteiger partial charge on any atom is 0.267 e. The summed E-state index contributed by atoms with van der Waals surface area (Å²) in [6.45, 7) is 0.187. The quantitative estimate of drug-likeness (QED) is 0.931. The van der Waals surface area contributed by atoms with Crippen molar-refractivity contribution in [3.8, 4) is 0 Å². The minimum atomic E-state index is -0.315. The minimum absolute atomic E-state index is 0.104. The van der Waals surface area contributed by atoms with E-state index in [-0.39, 0.29) is 23.8 Å². The molecular formula is C17H18FN3O2. The molecule has 1 aliphatic rings. The van der Waals surface area contributed by atoms with Crippen LogP contribution >= 0.6 is 0 Å². The predicted molar refractivity (Wildman–Crippen MR) is 83.4 cm³/mol. The van der Waals surface area contributed by atoms with Crippen molar-refractivity contribution in [1.82, 2.24) is 15.1 Å². The number of fused-ring (bicyclic) bond motifs is 1. The lowest BCUT2D eigenvalue weighted by molar-refractivity contribution is -0.122. The summed E-state index contributed by atoms with van der Waals surface area (Å²) in [6.07, 6.45) is 3.88. The third kappa shape index (κ3) is 3.83. The highest BCUT2D eigenvalue weighted by Gasteiger charge is 2.14. The molecule has 0 radical (unpaired) electrons. The lowest BCUT2D eigenvalue weighted by atomic mass is 9.97. The van der Waals surface area contributed by atoms with Crippen LogP contribution in [-0.4, -0.2) is 15.7 Å². The largest absolute Gasteiger partial charge is 0.350 e. The van der Waals surface area contributed by atoms with E-state index >= 15 is 0 Å². The second-order valence-corrected chi connectivity index (χ2v) is 5.72. The summed E-state index contributed by atoms with van der Waals surface area (Å²) < 4.78 is 14.0. The first kappa shape index (κ1) is 15.4. The van der Waals surface area contributed by atoms with E-state index in [1.807, 2.05) is 0 Å². The van der Waals surface area contributed by atoms with E-state index in [2.05, 4.69) is 10.4 Å². The van der Waals surface area contributed by atoms with Gasteiger partial charge in [-0.2, -0.15) is 5.10 Å². The molecule has 1 aliphatic carbocycles. The lowest BCUT2D eigenvalue weighted by Gasteiger charge is -2.15. The summed E-state index contributed by atoms with van der Waals surface area (Å²) in [5, 5.41) is 7.03. The Morgan fingerprint density at radius 1 is 1.22 bits per heavy atom. The third-order valence-corrected chi connectivity index (χ3v) is 3.97. The zero-order chi connectivity index (χ0) is 16.2. The van der Waals surface area contributed by atoms with Gasteiger partial charge in [0.25, 0.3) is 5.56 Å². The van der Waals surface area contributed by atoms with Gasteiger partial charge in [0.2, 0.25) is 5.91 Å². The van der Waals surface area contributed by atoms with Crippen LogP contribution in [0, 0.1) is 5.82 Å². The number of aromatic nitrogens is 2. The van der Waals surface area contributed by atoms with Crippen LogP contribution in [0.5, 0.6) is 0 Å². The predicted octanol–water partition coefficient (Wildman–Crippen LogP) is 1.58.